The van der Waals surface area contributed by atoms with Gasteiger partial charge in [0, 0.05) is 31.0 Å². The molecule has 9 nitrogen and oxygen atoms in total. The Morgan fingerprint density at radius 3 is 2.62 bits per heavy atom. The second kappa shape index (κ2) is 8.95. The van der Waals surface area contributed by atoms with Gasteiger partial charge in [-0.25, -0.2) is 21.8 Å². The maximum absolute atomic E-state index is 13.0. The molecule has 2 aliphatic heterocycles. The number of nitrogens with zero attached hydrogens (tertiary/aromatic N) is 3. The van der Waals surface area contributed by atoms with Crippen LogP contribution in [0.2, 0.25) is 0 Å². The molecule has 1 saturated heterocycles. The van der Waals surface area contributed by atoms with Gasteiger partial charge in [-0.1, -0.05) is 12.5 Å². The molecule has 0 radical (unpaired) electrons. The van der Waals surface area contributed by atoms with E-state index in [1.807, 2.05) is 11.5 Å². The molecule has 11 heteroatoms. The van der Waals surface area contributed by atoms with E-state index in [1.165, 1.54) is 10.4 Å². The number of piperidine rings is 1. The Bertz CT molecular complexity index is 1260. The van der Waals surface area contributed by atoms with E-state index in [9.17, 15) is 21.6 Å². The monoisotopic (exact) mass is 481 g/mol. The first-order chi connectivity index (χ1) is 15.2. The minimum absolute atomic E-state index is 0.0136. The standard InChI is InChI=1S/C21H27N3O6S2/c1-2-24-19-7-6-17(32(28,29)23-9-4-3-5-10-23)13-18(19)22-20(24)14-30-21(25)12-16-8-11-31(26,27)15-16/h6-8,11,13,16H,2-5,9-10,12,14-15H2,1H3. The van der Waals surface area contributed by atoms with Gasteiger partial charge in [-0.3, -0.25) is 4.79 Å². The molecule has 1 fully saturated rings. The first-order valence-electron chi connectivity index (χ1n) is 10.8. The zero-order chi connectivity index (χ0) is 22.9. The van der Waals surface area contributed by atoms with Gasteiger partial charge in [0.25, 0.3) is 0 Å². The normalized spacial score (nSPS) is 21.2. The summed E-state index contributed by atoms with van der Waals surface area (Å²) < 4.78 is 57.7. The van der Waals surface area contributed by atoms with E-state index in [2.05, 4.69) is 4.98 Å². The third kappa shape index (κ3) is 4.74. The fourth-order valence-electron chi connectivity index (χ4n) is 4.22. The molecule has 1 unspecified atom stereocenters. The molecule has 2 aliphatic rings. The summed E-state index contributed by atoms with van der Waals surface area (Å²) in [7, 11) is -6.79. The lowest BCUT2D eigenvalue weighted by molar-refractivity contribution is -0.145. The number of carbonyl (C=O) groups excluding carboxylic acids is 1. The molecule has 1 atom stereocenters. The number of hydrogen-bond donors (Lipinski definition) is 0. The highest BCUT2D eigenvalue weighted by molar-refractivity contribution is 7.94. The number of fused-ring (bicyclic) bond motifs is 1. The molecule has 32 heavy (non-hydrogen) atoms. The second-order valence-corrected chi connectivity index (χ2v) is 12.0. The van der Waals surface area contributed by atoms with Crippen molar-refractivity contribution in [2.24, 2.45) is 5.92 Å². The Morgan fingerprint density at radius 2 is 1.97 bits per heavy atom. The zero-order valence-corrected chi connectivity index (χ0v) is 19.6. The maximum Gasteiger partial charge on any atom is 0.306 e. The number of aryl methyl sites for hydroxylation is 1. The molecule has 0 spiro atoms. The van der Waals surface area contributed by atoms with Crippen LogP contribution in [0.15, 0.2) is 34.6 Å². The van der Waals surface area contributed by atoms with Gasteiger partial charge in [0.1, 0.15) is 12.4 Å². The van der Waals surface area contributed by atoms with Crippen molar-refractivity contribution < 1.29 is 26.4 Å². The molecule has 3 heterocycles. The molecule has 4 rings (SSSR count). The van der Waals surface area contributed by atoms with Gasteiger partial charge in [0.15, 0.2) is 9.84 Å². The fourth-order valence-corrected chi connectivity index (χ4v) is 7.16. The number of ether oxygens (including phenoxy) is 1. The number of imidazole rings is 1. The van der Waals surface area contributed by atoms with Crippen LogP contribution in [0.25, 0.3) is 11.0 Å². The van der Waals surface area contributed by atoms with Crippen LogP contribution in [0.5, 0.6) is 0 Å². The summed E-state index contributed by atoms with van der Waals surface area (Å²) in [6.45, 7) is 3.49. The number of sulfone groups is 1. The lowest BCUT2D eigenvalue weighted by atomic mass is 10.1. The first-order valence-corrected chi connectivity index (χ1v) is 13.9. The van der Waals surface area contributed by atoms with Crippen LogP contribution in [0.4, 0.5) is 0 Å². The molecule has 0 aliphatic carbocycles. The summed E-state index contributed by atoms with van der Waals surface area (Å²) in [5.41, 5.74) is 1.29. The smallest absolute Gasteiger partial charge is 0.306 e. The summed E-state index contributed by atoms with van der Waals surface area (Å²) in [5.74, 6) is -0.443. The van der Waals surface area contributed by atoms with E-state index in [1.54, 1.807) is 18.2 Å². The van der Waals surface area contributed by atoms with Crippen molar-refractivity contribution in [2.45, 2.75) is 50.7 Å². The van der Waals surface area contributed by atoms with Crippen LogP contribution < -0.4 is 0 Å². The number of carbonyl (C=O) groups is 1. The predicted octanol–water partition coefficient (Wildman–Crippen LogP) is 2.22. The number of hydrogen-bond acceptors (Lipinski definition) is 7. The minimum Gasteiger partial charge on any atom is -0.457 e. The summed E-state index contributed by atoms with van der Waals surface area (Å²) >= 11 is 0. The SMILES string of the molecule is CCn1c(COC(=O)CC2C=CS(=O)(=O)C2)nc2cc(S(=O)(=O)N3CCCCC3)ccc21. The Balaban J connectivity index is 1.50. The topological polar surface area (TPSA) is 116 Å². The molecule has 1 aromatic heterocycles. The van der Waals surface area contributed by atoms with E-state index in [0.29, 0.717) is 31.0 Å². The zero-order valence-electron chi connectivity index (χ0n) is 17.9. The van der Waals surface area contributed by atoms with E-state index in [4.69, 9.17) is 4.74 Å². The summed E-state index contributed by atoms with van der Waals surface area (Å²) in [4.78, 5) is 16.9. The quantitative estimate of drug-likeness (QED) is 0.557. The summed E-state index contributed by atoms with van der Waals surface area (Å²) in [6, 6.07) is 4.91. The Labute approximate surface area is 188 Å². The van der Waals surface area contributed by atoms with Gasteiger partial charge in [-0.05, 0) is 38.0 Å². The van der Waals surface area contributed by atoms with Gasteiger partial charge in [0.2, 0.25) is 10.0 Å². The average molecular weight is 482 g/mol. The molecule has 1 aromatic carbocycles. The van der Waals surface area contributed by atoms with Crippen LogP contribution in [0.3, 0.4) is 0 Å². The van der Waals surface area contributed by atoms with E-state index in [-0.39, 0.29) is 29.6 Å². The van der Waals surface area contributed by atoms with E-state index in [0.717, 1.165) is 30.2 Å². The van der Waals surface area contributed by atoms with Gasteiger partial charge < -0.3 is 9.30 Å². The second-order valence-electron chi connectivity index (χ2n) is 8.17. The van der Waals surface area contributed by atoms with Crippen LogP contribution >= 0.6 is 0 Å². The molecule has 0 saturated carbocycles. The molecule has 0 N–H and O–H groups in total. The molecular weight excluding hydrogens is 454 g/mol. The number of rotatable bonds is 7. The lowest BCUT2D eigenvalue weighted by Crippen LogP contribution is -2.35. The van der Waals surface area contributed by atoms with Crippen molar-refractivity contribution >= 4 is 36.9 Å². The third-order valence-corrected chi connectivity index (χ3v) is 9.22. The van der Waals surface area contributed by atoms with Gasteiger partial charge in [-0.15, -0.1) is 0 Å². The highest BCUT2D eigenvalue weighted by Gasteiger charge is 2.27. The molecule has 0 amide bonds. The largest absolute Gasteiger partial charge is 0.457 e. The van der Waals surface area contributed by atoms with Crippen molar-refractivity contribution in [3.8, 4) is 0 Å². The lowest BCUT2D eigenvalue weighted by Gasteiger charge is -2.25. The number of sulfonamides is 1. The third-order valence-electron chi connectivity index (χ3n) is 5.86. The fraction of sp³-hybridized carbons (Fsp3) is 0.524. The van der Waals surface area contributed by atoms with E-state index < -0.39 is 25.8 Å². The van der Waals surface area contributed by atoms with Crippen molar-refractivity contribution in [3.63, 3.8) is 0 Å². The number of esters is 1. The number of aromatic nitrogens is 2. The van der Waals surface area contributed by atoms with Crippen molar-refractivity contribution in [1.82, 2.24) is 13.9 Å². The van der Waals surface area contributed by atoms with Crippen LogP contribution in [0.1, 0.15) is 38.4 Å². The Hall–Kier alpha value is -2.24. The van der Waals surface area contributed by atoms with Gasteiger partial charge in [0.05, 0.1) is 28.1 Å². The number of allylic oxidation sites excluding steroid dienone is 1. The highest BCUT2D eigenvalue weighted by atomic mass is 32.2. The van der Waals surface area contributed by atoms with Crippen LogP contribution in [0, 0.1) is 5.92 Å². The molecule has 174 valence electrons. The maximum atomic E-state index is 13.0. The predicted molar refractivity (Wildman–Crippen MR) is 119 cm³/mol. The average Bonchev–Trinajstić information content (AvgIpc) is 3.30. The summed E-state index contributed by atoms with van der Waals surface area (Å²) in [6.07, 6.45) is 4.28. The van der Waals surface area contributed by atoms with E-state index >= 15 is 0 Å². The van der Waals surface area contributed by atoms with Crippen LogP contribution in [-0.2, 0) is 42.5 Å². The van der Waals surface area contributed by atoms with Crippen molar-refractivity contribution in [1.29, 1.82) is 0 Å². The molecule has 0 bridgehead atoms. The Morgan fingerprint density at radius 1 is 1.22 bits per heavy atom. The Kier molecular flexibility index (Phi) is 6.42. The van der Waals surface area contributed by atoms with Crippen molar-refractivity contribution in [3.05, 3.63) is 35.5 Å². The van der Waals surface area contributed by atoms with Gasteiger partial charge in [-0.2, -0.15) is 4.31 Å². The molecule has 2 aromatic rings. The highest BCUT2D eigenvalue weighted by Crippen LogP contribution is 2.25. The van der Waals surface area contributed by atoms with Gasteiger partial charge >= 0.3 is 5.97 Å². The van der Waals surface area contributed by atoms with Crippen molar-refractivity contribution in [2.75, 3.05) is 18.8 Å². The van der Waals surface area contributed by atoms with Crippen LogP contribution in [-0.4, -0.2) is 55.5 Å². The minimum atomic E-state index is -3.57. The summed E-state index contributed by atoms with van der Waals surface area (Å²) in [5, 5.41) is 1.14. The first kappa shape index (κ1) is 22.9. The molecular formula is C21H27N3O6S2. The number of benzene rings is 1.